The van der Waals surface area contributed by atoms with Crippen molar-refractivity contribution in [2.75, 3.05) is 7.11 Å². The van der Waals surface area contributed by atoms with Gasteiger partial charge in [-0.1, -0.05) is 30.3 Å². The van der Waals surface area contributed by atoms with Crippen molar-refractivity contribution in [3.05, 3.63) is 30.3 Å². The van der Waals surface area contributed by atoms with Crippen molar-refractivity contribution in [1.82, 2.24) is 0 Å². The number of benzene rings is 1. The maximum atomic E-state index is 10.9. The first kappa shape index (κ1) is 10.9. The van der Waals surface area contributed by atoms with Crippen LogP contribution >= 0.6 is 0 Å². The molecule has 1 atom stereocenters. The molecule has 1 rings (SSSR count). The smallest absolute Gasteiger partial charge is 0.432 e. The van der Waals surface area contributed by atoms with Crippen LogP contribution in [0.4, 0.5) is 0 Å². The lowest BCUT2D eigenvalue weighted by atomic mass is 10.4. The predicted octanol–water partition coefficient (Wildman–Crippen LogP) is 1.18. The molecule has 0 saturated carbocycles. The molecule has 4 heteroatoms. The van der Waals surface area contributed by atoms with Crippen LogP contribution in [-0.4, -0.2) is 21.6 Å². The number of hydrogen-bond acceptors (Lipinski definition) is 3. The van der Waals surface area contributed by atoms with Crippen LogP contribution in [0.3, 0.4) is 0 Å². The van der Waals surface area contributed by atoms with Crippen LogP contribution in [0.25, 0.3) is 0 Å². The minimum Gasteiger partial charge on any atom is -0.491 e. The molecule has 0 aliphatic carbocycles. The second kappa shape index (κ2) is 4.39. The van der Waals surface area contributed by atoms with E-state index in [2.05, 4.69) is 0 Å². The van der Waals surface area contributed by atoms with Crippen LogP contribution in [0, 0.1) is 0 Å². The molecule has 0 radical (unpaired) electrons. The first-order valence-electron chi connectivity index (χ1n) is 4.39. The molecule has 0 aliphatic heterocycles. The van der Waals surface area contributed by atoms with Gasteiger partial charge in [-0.15, -0.1) is 0 Å². The molecule has 0 amide bonds. The van der Waals surface area contributed by atoms with E-state index in [4.69, 9.17) is 8.85 Å². The van der Waals surface area contributed by atoms with Gasteiger partial charge < -0.3 is 8.85 Å². The molecule has 76 valence electrons. The van der Waals surface area contributed by atoms with Crippen LogP contribution in [0.2, 0.25) is 6.55 Å². The second-order valence-corrected chi connectivity index (χ2v) is 6.19. The molecule has 0 fully saturated rings. The topological polar surface area (TPSA) is 35.5 Å². The minimum absolute atomic E-state index is 0.301. The SMILES string of the molecule is CO[Si](C)(OC(C)=O)c1ccccc1. The van der Waals surface area contributed by atoms with E-state index < -0.39 is 8.56 Å². The monoisotopic (exact) mass is 210 g/mol. The van der Waals surface area contributed by atoms with Gasteiger partial charge in [0.2, 0.25) is 0 Å². The Balaban J connectivity index is 2.95. The molecule has 0 heterocycles. The van der Waals surface area contributed by atoms with Crippen LogP contribution in [0.15, 0.2) is 30.3 Å². The van der Waals surface area contributed by atoms with Crippen LogP contribution in [-0.2, 0) is 13.6 Å². The third-order valence-corrected chi connectivity index (χ3v) is 4.86. The van der Waals surface area contributed by atoms with Gasteiger partial charge in [-0.05, 0) is 6.55 Å². The molecule has 0 spiro atoms. The molecule has 14 heavy (non-hydrogen) atoms. The highest BCUT2D eigenvalue weighted by Gasteiger charge is 2.35. The molecule has 1 unspecified atom stereocenters. The van der Waals surface area contributed by atoms with Crippen LogP contribution in [0.1, 0.15) is 6.92 Å². The lowest BCUT2D eigenvalue weighted by Crippen LogP contribution is -2.51. The zero-order valence-electron chi connectivity index (χ0n) is 8.61. The molecule has 1 aromatic rings. The largest absolute Gasteiger partial charge is 0.491 e. The summed E-state index contributed by atoms with van der Waals surface area (Å²) in [5, 5.41) is 0.956. The third kappa shape index (κ3) is 2.43. The summed E-state index contributed by atoms with van der Waals surface area (Å²) in [5.41, 5.74) is 0. The zero-order chi connectivity index (χ0) is 10.6. The molecule has 0 saturated heterocycles. The summed E-state index contributed by atoms with van der Waals surface area (Å²) >= 11 is 0. The van der Waals surface area contributed by atoms with Gasteiger partial charge in [-0.25, -0.2) is 0 Å². The molecule has 1 aromatic carbocycles. The first-order valence-corrected chi connectivity index (χ1v) is 6.70. The highest BCUT2D eigenvalue weighted by molar-refractivity contribution is 6.81. The quantitative estimate of drug-likeness (QED) is 0.703. The first-order chi connectivity index (χ1) is 6.58. The number of carbonyl (C=O) groups excluding carboxylic acids is 1. The lowest BCUT2D eigenvalue weighted by Gasteiger charge is -2.23. The Kier molecular flexibility index (Phi) is 3.43. The Morgan fingerprint density at radius 1 is 1.29 bits per heavy atom. The Morgan fingerprint density at radius 3 is 2.29 bits per heavy atom. The van der Waals surface area contributed by atoms with Crippen LogP contribution in [0.5, 0.6) is 0 Å². The minimum atomic E-state index is -2.51. The van der Waals surface area contributed by atoms with Gasteiger partial charge in [-0.2, -0.15) is 0 Å². The average Bonchev–Trinajstić information content (AvgIpc) is 2.18. The van der Waals surface area contributed by atoms with Gasteiger partial charge in [0, 0.05) is 19.2 Å². The fraction of sp³-hybridized carbons (Fsp3) is 0.300. The summed E-state index contributed by atoms with van der Waals surface area (Å²) in [6.07, 6.45) is 0. The van der Waals surface area contributed by atoms with Gasteiger partial charge in [-0.3, -0.25) is 4.79 Å². The van der Waals surface area contributed by atoms with Gasteiger partial charge in [0.25, 0.3) is 5.97 Å². The lowest BCUT2D eigenvalue weighted by molar-refractivity contribution is -0.133. The molecule has 0 N–H and O–H groups in total. The number of carbonyl (C=O) groups is 1. The standard InChI is InChI=1S/C10H14O3Si/c1-9(11)13-14(3,12-2)10-7-5-4-6-8-10/h4-8H,1-3H3. The molecule has 0 aromatic heterocycles. The van der Waals surface area contributed by atoms with Crippen molar-refractivity contribution in [3.8, 4) is 0 Å². The average molecular weight is 210 g/mol. The van der Waals surface area contributed by atoms with Crippen LogP contribution < -0.4 is 5.19 Å². The summed E-state index contributed by atoms with van der Waals surface area (Å²) < 4.78 is 10.6. The van der Waals surface area contributed by atoms with Gasteiger partial charge in [0.1, 0.15) is 0 Å². The molecular formula is C10H14O3Si. The van der Waals surface area contributed by atoms with E-state index in [0.717, 1.165) is 5.19 Å². The van der Waals surface area contributed by atoms with E-state index >= 15 is 0 Å². The van der Waals surface area contributed by atoms with Crippen molar-refractivity contribution in [1.29, 1.82) is 0 Å². The molecule has 0 bridgehead atoms. The van der Waals surface area contributed by atoms with Crippen molar-refractivity contribution in [2.24, 2.45) is 0 Å². The van der Waals surface area contributed by atoms with Gasteiger partial charge in [0.15, 0.2) is 0 Å². The van der Waals surface area contributed by atoms with Crippen molar-refractivity contribution in [2.45, 2.75) is 13.5 Å². The number of rotatable bonds is 3. The summed E-state index contributed by atoms with van der Waals surface area (Å²) in [7, 11) is -0.941. The van der Waals surface area contributed by atoms with E-state index in [0.29, 0.717) is 0 Å². The Hall–Kier alpha value is -1.13. The Bertz CT molecular complexity index is 312. The van der Waals surface area contributed by atoms with E-state index in [9.17, 15) is 4.79 Å². The molecule has 3 nitrogen and oxygen atoms in total. The van der Waals surface area contributed by atoms with E-state index in [1.807, 2.05) is 36.9 Å². The van der Waals surface area contributed by atoms with E-state index in [-0.39, 0.29) is 5.97 Å². The van der Waals surface area contributed by atoms with Crippen molar-refractivity contribution in [3.63, 3.8) is 0 Å². The molecule has 0 aliphatic rings. The summed E-state index contributed by atoms with van der Waals surface area (Å²) in [6.45, 7) is 3.25. The summed E-state index contributed by atoms with van der Waals surface area (Å²) in [5.74, 6) is -0.301. The van der Waals surface area contributed by atoms with Gasteiger partial charge >= 0.3 is 8.56 Å². The summed E-state index contributed by atoms with van der Waals surface area (Å²) in [4.78, 5) is 10.9. The highest BCUT2D eigenvalue weighted by Crippen LogP contribution is 2.06. The third-order valence-electron chi connectivity index (χ3n) is 2.03. The fourth-order valence-corrected chi connectivity index (χ4v) is 3.02. The van der Waals surface area contributed by atoms with E-state index in [1.54, 1.807) is 7.11 Å². The van der Waals surface area contributed by atoms with Crippen molar-refractivity contribution >= 4 is 19.7 Å². The normalized spacial score (nSPS) is 14.5. The van der Waals surface area contributed by atoms with E-state index in [1.165, 1.54) is 6.92 Å². The maximum absolute atomic E-state index is 10.9. The zero-order valence-corrected chi connectivity index (χ0v) is 9.61. The Labute approximate surface area is 84.9 Å². The maximum Gasteiger partial charge on any atom is 0.432 e. The van der Waals surface area contributed by atoms with Gasteiger partial charge in [0.05, 0.1) is 0 Å². The second-order valence-electron chi connectivity index (χ2n) is 3.11. The highest BCUT2D eigenvalue weighted by atomic mass is 28.4. The summed E-state index contributed by atoms with van der Waals surface area (Å²) in [6, 6.07) is 9.56. The van der Waals surface area contributed by atoms with Crippen molar-refractivity contribution < 1.29 is 13.6 Å². The number of hydrogen-bond donors (Lipinski definition) is 0. The predicted molar refractivity (Wildman–Crippen MR) is 56.5 cm³/mol. The Morgan fingerprint density at radius 2 is 1.86 bits per heavy atom. The fourth-order valence-electron chi connectivity index (χ4n) is 1.23. The molecular weight excluding hydrogens is 196 g/mol.